The van der Waals surface area contributed by atoms with Crippen molar-refractivity contribution < 1.29 is 9.36 Å². The fraction of sp³-hybridized carbons (Fsp3) is 0.219. The molecule has 5 nitrogen and oxygen atoms in total. The Hall–Kier alpha value is -3.50. The Morgan fingerprint density at radius 3 is 1.66 bits per heavy atom. The molecule has 38 heavy (non-hydrogen) atoms. The topological polar surface area (TPSA) is 61.4 Å². The predicted molar refractivity (Wildman–Crippen MR) is 156 cm³/mol. The van der Waals surface area contributed by atoms with E-state index in [1.807, 2.05) is 123 Å². The van der Waals surface area contributed by atoms with Crippen LogP contribution in [0.3, 0.4) is 0 Å². The van der Waals surface area contributed by atoms with Crippen LogP contribution in [0.2, 0.25) is 0 Å². The SMILES string of the molecule is C[C@@H](NP(=O)(N[C@H](C)c1ccccc1)C1C(=O)N(C)c2ccccc2[C@@H]1c1ccccc1)c1ccccc1. The van der Waals surface area contributed by atoms with E-state index in [-0.39, 0.29) is 23.9 Å². The van der Waals surface area contributed by atoms with Crippen molar-refractivity contribution in [2.45, 2.75) is 37.5 Å². The highest BCUT2D eigenvalue weighted by Crippen LogP contribution is 2.57. The molecule has 1 unspecified atom stereocenters. The van der Waals surface area contributed by atoms with Crippen LogP contribution in [0.4, 0.5) is 5.69 Å². The van der Waals surface area contributed by atoms with Gasteiger partial charge in [0.2, 0.25) is 13.4 Å². The van der Waals surface area contributed by atoms with Crippen molar-refractivity contribution in [2.75, 3.05) is 11.9 Å². The summed E-state index contributed by atoms with van der Waals surface area (Å²) in [4.78, 5) is 15.9. The molecule has 0 fully saturated rings. The molecule has 1 aliphatic rings. The average molecular weight is 524 g/mol. The van der Waals surface area contributed by atoms with Gasteiger partial charge in [0.1, 0.15) is 5.66 Å². The Labute approximate surface area is 225 Å². The smallest absolute Gasteiger partial charge is 0.240 e. The van der Waals surface area contributed by atoms with Crippen LogP contribution in [-0.2, 0) is 9.36 Å². The average Bonchev–Trinajstić information content (AvgIpc) is 2.96. The van der Waals surface area contributed by atoms with E-state index in [2.05, 4.69) is 16.2 Å². The standard InChI is InChI=1S/C32H34N3O2P/c1-23(25-15-7-4-8-16-25)33-38(37,34-24(2)26-17-9-5-10-18-26)31-30(27-19-11-6-12-20-27)28-21-13-14-22-29(28)35(3)32(31)36/h4-24,30-31H,1-3H3,(H2,33,34,37)/t23-,24-,30+,31?/m1/s1. The molecule has 4 aromatic carbocycles. The molecule has 4 atom stereocenters. The van der Waals surface area contributed by atoms with Crippen LogP contribution in [-0.4, -0.2) is 18.6 Å². The molecule has 0 spiro atoms. The molecule has 5 rings (SSSR count). The molecule has 1 aliphatic heterocycles. The van der Waals surface area contributed by atoms with E-state index >= 15 is 4.57 Å². The normalized spacial score (nSPS) is 19.0. The lowest BCUT2D eigenvalue weighted by molar-refractivity contribution is -0.118. The monoisotopic (exact) mass is 523 g/mol. The van der Waals surface area contributed by atoms with Crippen LogP contribution in [0.5, 0.6) is 0 Å². The fourth-order valence-corrected chi connectivity index (χ4v) is 8.56. The van der Waals surface area contributed by atoms with Crippen molar-refractivity contribution >= 4 is 19.0 Å². The number of carbonyl (C=O) groups is 1. The summed E-state index contributed by atoms with van der Waals surface area (Å²) in [6, 6.07) is 37.3. The number of benzene rings is 4. The maximum absolute atomic E-state index is 15.4. The van der Waals surface area contributed by atoms with Gasteiger partial charge in [0.15, 0.2) is 0 Å². The molecule has 0 saturated carbocycles. The molecule has 0 aromatic heterocycles. The Balaban J connectivity index is 1.65. The van der Waals surface area contributed by atoms with Gasteiger partial charge < -0.3 is 4.90 Å². The Bertz CT molecular complexity index is 1380. The summed E-state index contributed by atoms with van der Waals surface area (Å²) in [6.07, 6.45) is 0. The second-order valence-corrected chi connectivity index (χ2v) is 12.4. The highest BCUT2D eigenvalue weighted by molar-refractivity contribution is 7.61. The van der Waals surface area contributed by atoms with Gasteiger partial charge in [0, 0.05) is 30.7 Å². The van der Waals surface area contributed by atoms with E-state index in [1.165, 1.54) is 0 Å². The Kier molecular flexibility index (Phi) is 7.62. The first-order valence-corrected chi connectivity index (χ1v) is 14.8. The van der Waals surface area contributed by atoms with Gasteiger partial charge in [-0.2, -0.15) is 0 Å². The third-order valence-corrected chi connectivity index (χ3v) is 10.3. The van der Waals surface area contributed by atoms with Gasteiger partial charge in [-0.05, 0) is 42.2 Å². The van der Waals surface area contributed by atoms with E-state index in [9.17, 15) is 4.79 Å². The lowest BCUT2D eigenvalue weighted by Gasteiger charge is -2.43. The van der Waals surface area contributed by atoms with Gasteiger partial charge in [-0.3, -0.25) is 9.36 Å². The summed E-state index contributed by atoms with van der Waals surface area (Å²) in [7, 11) is -1.82. The largest absolute Gasteiger partial charge is 0.314 e. The Morgan fingerprint density at radius 2 is 1.13 bits per heavy atom. The second kappa shape index (κ2) is 11.1. The van der Waals surface area contributed by atoms with E-state index in [0.29, 0.717) is 0 Å². The molecule has 0 radical (unpaired) electrons. The Morgan fingerprint density at radius 1 is 0.684 bits per heavy atom. The molecule has 0 bridgehead atoms. The first kappa shape index (κ1) is 26.1. The molecule has 6 heteroatoms. The van der Waals surface area contributed by atoms with E-state index in [1.54, 1.807) is 11.9 Å². The lowest BCUT2D eigenvalue weighted by atomic mass is 9.83. The molecular weight excluding hydrogens is 489 g/mol. The molecule has 1 amide bonds. The predicted octanol–water partition coefficient (Wildman–Crippen LogP) is 7.06. The number of amides is 1. The van der Waals surface area contributed by atoms with E-state index in [4.69, 9.17) is 0 Å². The number of hydrogen-bond acceptors (Lipinski definition) is 2. The van der Waals surface area contributed by atoms with E-state index < -0.39 is 13.1 Å². The molecular formula is C32H34N3O2P. The summed E-state index contributed by atoms with van der Waals surface area (Å²) in [5.41, 5.74) is 3.98. The van der Waals surface area contributed by atoms with Gasteiger partial charge in [0.25, 0.3) is 0 Å². The zero-order chi connectivity index (χ0) is 26.7. The van der Waals surface area contributed by atoms with Crippen LogP contribution in [0, 0.1) is 0 Å². The van der Waals surface area contributed by atoms with Crippen LogP contribution in [0.15, 0.2) is 115 Å². The highest BCUT2D eigenvalue weighted by atomic mass is 31.2. The number of hydrogen-bond donors (Lipinski definition) is 2. The van der Waals surface area contributed by atoms with Crippen molar-refractivity contribution in [3.8, 4) is 0 Å². The first-order valence-electron chi connectivity index (χ1n) is 13.1. The number of anilines is 1. The van der Waals surface area contributed by atoms with Gasteiger partial charge in [-0.15, -0.1) is 0 Å². The van der Waals surface area contributed by atoms with Crippen molar-refractivity contribution in [2.24, 2.45) is 0 Å². The van der Waals surface area contributed by atoms with Gasteiger partial charge in [-0.1, -0.05) is 109 Å². The number of nitrogens with one attached hydrogen (secondary N) is 2. The van der Waals surface area contributed by atoms with Crippen LogP contribution < -0.4 is 15.1 Å². The zero-order valence-corrected chi connectivity index (χ0v) is 22.9. The van der Waals surface area contributed by atoms with E-state index in [0.717, 1.165) is 27.9 Å². The lowest BCUT2D eigenvalue weighted by Crippen LogP contribution is -2.49. The number of fused-ring (bicyclic) bond motifs is 1. The van der Waals surface area contributed by atoms with Gasteiger partial charge >= 0.3 is 0 Å². The van der Waals surface area contributed by atoms with Crippen molar-refractivity contribution in [1.29, 1.82) is 0 Å². The van der Waals surface area contributed by atoms with Crippen molar-refractivity contribution in [1.82, 2.24) is 10.2 Å². The number of rotatable bonds is 8. The third-order valence-electron chi connectivity index (χ3n) is 7.45. The van der Waals surface area contributed by atoms with Crippen molar-refractivity contribution in [3.63, 3.8) is 0 Å². The summed E-state index contributed by atoms with van der Waals surface area (Å²) in [5.74, 6) is -0.547. The highest BCUT2D eigenvalue weighted by Gasteiger charge is 2.51. The first-order chi connectivity index (χ1) is 18.4. The molecule has 2 N–H and O–H groups in total. The number of nitrogens with zero attached hydrogens (tertiary/aromatic N) is 1. The minimum atomic E-state index is -3.60. The minimum Gasteiger partial charge on any atom is -0.314 e. The third kappa shape index (κ3) is 5.10. The summed E-state index contributed by atoms with van der Waals surface area (Å²) in [5, 5.41) is 6.92. The number of carbonyl (C=O) groups excluding carboxylic acids is 1. The molecule has 4 aromatic rings. The van der Waals surface area contributed by atoms with Gasteiger partial charge in [0.05, 0.1) is 0 Å². The van der Waals surface area contributed by atoms with Crippen molar-refractivity contribution in [3.05, 3.63) is 138 Å². The van der Waals surface area contributed by atoms with Crippen LogP contribution >= 0.6 is 7.44 Å². The summed E-state index contributed by atoms with van der Waals surface area (Å²) in [6.45, 7) is 4.00. The quantitative estimate of drug-likeness (QED) is 0.243. The molecule has 0 aliphatic carbocycles. The number of para-hydroxylation sites is 1. The molecule has 0 saturated heterocycles. The summed E-state index contributed by atoms with van der Waals surface area (Å²) >= 11 is 0. The fourth-order valence-electron chi connectivity index (χ4n) is 5.48. The maximum Gasteiger partial charge on any atom is 0.240 e. The molecule has 1 heterocycles. The molecule has 194 valence electrons. The van der Waals surface area contributed by atoms with Crippen LogP contribution in [0.25, 0.3) is 0 Å². The second-order valence-electron chi connectivity index (χ2n) is 9.97. The zero-order valence-electron chi connectivity index (χ0n) is 22.0. The summed E-state index contributed by atoms with van der Waals surface area (Å²) < 4.78 is 15.4. The minimum absolute atomic E-state index is 0.165. The van der Waals surface area contributed by atoms with Gasteiger partial charge in [-0.25, -0.2) is 10.2 Å². The maximum atomic E-state index is 15.4. The van der Waals surface area contributed by atoms with Crippen LogP contribution in [0.1, 0.15) is 54.1 Å².